The van der Waals surface area contributed by atoms with E-state index >= 15 is 0 Å². The SMILES string of the molecule is CCC=CCOC1COCC1OC(=O)C=C(C)C. The molecule has 0 aromatic rings. The largest absolute Gasteiger partial charge is 0.454 e. The summed E-state index contributed by atoms with van der Waals surface area (Å²) in [4.78, 5) is 11.5. The second kappa shape index (κ2) is 8.06. The van der Waals surface area contributed by atoms with Crippen molar-refractivity contribution in [3.05, 3.63) is 23.8 Å². The predicted octanol–water partition coefficient (Wildman–Crippen LogP) is 2.25. The van der Waals surface area contributed by atoms with Gasteiger partial charge in [0.15, 0.2) is 6.10 Å². The molecule has 0 aromatic heterocycles. The van der Waals surface area contributed by atoms with Crippen LogP contribution in [0.2, 0.25) is 0 Å². The summed E-state index contributed by atoms with van der Waals surface area (Å²) < 4.78 is 16.2. The van der Waals surface area contributed by atoms with Crippen LogP contribution in [-0.4, -0.2) is 38.0 Å². The van der Waals surface area contributed by atoms with Gasteiger partial charge in [0.1, 0.15) is 6.10 Å². The molecular weight excluding hydrogens is 232 g/mol. The highest BCUT2D eigenvalue weighted by Crippen LogP contribution is 2.14. The number of rotatable bonds is 6. The lowest BCUT2D eigenvalue weighted by atomic mass is 10.2. The van der Waals surface area contributed by atoms with E-state index in [1.54, 1.807) is 0 Å². The molecule has 0 amide bonds. The fraction of sp³-hybridized carbons (Fsp3) is 0.643. The number of allylic oxidation sites excluding steroid dienone is 2. The number of carbonyl (C=O) groups excluding carboxylic acids is 1. The van der Waals surface area contributed by atoms with Gasteiger partial charge in [0.05, 0.1) is 19.8 Å². The maximum Gasteiger partial charge on any atom is 0.331 e. The van der Waals surface area contributed by atoms with Crippen LogP contribution in [0.5, 0.6) is 0 Å². The first-order valence-corrected chi connectivity index (χ1v) is 6.33. The van der Waals surface area contributed by atoms with Gasteiger partial charge in [-0.1, -0.05) is 24.6 Å². The van der Waals surface area contributed by atoms with Gasteiger partial charge < -0.3 is 14.2 Å². The molecule has 1 rings (SSSR count). The first kappa shape index (κ1) is 14.9. The number of ether oxygens (including phenoxy) is 3. The summed E-state index contributed by atoms with van der Waals surface area (Å²) in [6.07, 6.45) is 6.01. The van der Waals surface area contributed by atoms with Gasteiger partial charge >= 0.3 is 5.97 Å². The van der Waals surface area contributed by atoms with Gasteiger partial charge in [-0.3, -0.25) is 0 Å². The van der Waals surface area contributed by atoms with Crippen molar-refractivity contribution < 1.29 is 19.0 Å². The lowest BCUT2D eigenvalue weighted by molar-refractivity contribution is -0.147. The van der Waals surface area contributed by atoms with Crippen LogP contribution in [0.4, 0.5) is 0 Å². The second-order valence-corrected chi connectivity index (χ2v) is 4.49. The summed E-state index contributed by atoms with van der Waals surface area (Å²) >= 11 is 0. The Morgan fingerprint density at radius 3 is 2.67 bits per heavy atom. The van der Waals surface area contributed by atoms with E-state index in [0.29, 0.717) is 19.8 Å². The average Bonchev–Trinajstić information content (AvgIpc) is 2.71. The first-order valence-electron chi connectivity index (χ1n) is 6.33. The Labute approximate surface area is 109 Å². The van der Waals surface area contributed by atoms with Crippen LogP contribution in [-0.2, 0) is 19.0 Å². The van der Waals surface area contributed by atoms with Crippen LogP contribution < -0.4 is 0 Å². The van der Waals surface area contributed by atoms with Crippen molar-refractivity contribution in [1.29, 1.82) is 0 Å². The minimum absolute atomic E-state index is 0.166. The summed E-state index contributed by atoms with van der Waals surface area (Å²) in [5.74, 6) is -0.330. The molecule has 2 unspecified atom stereocenters. The summed E-state index contributed by atoms with van der Waals surface area (Å²) in [5, 5.41) is 0. The smallest absolute Gasteiger partial charge is 0.331 e. The monoisotopic (exact) mass is 254 g/mol. The van der Waals surface area contributed by atoms with E-state index in [4.69, 9.17) is 14.2 Å². The Morgan fingerprint density at radius 1 is 1.28 bits per heavy atom. The second-order valence-electron chi connectivity index (χ2n) is 4.49. The minimum Gasteiger partial charge on any atom is -0.454 e. The van der Waals surface area contributed by atoms with Crippen molar-refractivity contribution in [2.24, 2.45) is 0 Å². The number of esters is 1. The molecule has 0 radical (unpaired) electrons. The summed E-state index contributed by atoms with van der Waals surface area (Å²) in [6, 6.07) is 0. The molecule has 0 aromatic carbocycles. The summed E-state index contributed by atoms with van der Waals surface area (Å²) in [5.41, 5.74) is 0.919. The van der Waals surface area contributed by atoms with Crippen LogP contribution >= 0.6 is 0 Å². The molecule has 0 N–H and O–H groups in total. The maximum atomic E-state index is 11.5. The molecule has 0 spiro atoms. The fourth-order valence-electron chi connectivity index (χ4n) is 1.61. The van der Waals surface area contributed by atoms with Crippen molar-refractivity contribution in [2.45, 2.75) is 39.4 Å². The van der Waals surface area contributed by atoms with E-state index in [-0.39, 0.29) is 18.2 Å². The highest BCUT2D eigenvalue weighted by atomic mass is 16.6. The molecule has 1 heterocycles. The zero-order chi connectivity index (χ0) is 13.4. The van der Waals surface area contributed by atoms with E-state index in [1.165, 1.54) is 6.08 Å². The fourth-order valence-corrected chi connectivity index (χ4v) is 1.61. The lowest BCUT2D eigenvalue weighted by Gasteiger charge is -2.17. The van der Waals surface area contributed by atoms with Gasteiger partial charge in [-0.15, -0.1) is 0 Å². The quantitative estimate of drug-likeness (QED) is 0.414. The van der Waals surface area contributed by atoms with E-state index in [0.717, 1.165) is 12.0 Å². The van der Waals surface area contributed by atoms with E-state index in [1.807, 2.05) is 26.0 Å². The number of carbonyl (C=O) groups is 1. The Bertz CT molecular complexity index is 316. The highest BCUT2D eigenvalue weighted by Gasteiger charge is 2.31. The average molecular weight is 254 g/mol. The minimum atomic E-state index is -0.330. The molecule has 4 heteroatoms. The van der Waals surface area contributed by atoms with Crippen molar-refractivity contribution >= 4 is 5.97 Å². The Morgan fingerprint density at radius 2 is 2.00 bits per heavy atom. The predicted molar refractivity (Wildman–Crippen MR) is 69.3 cm³/mol. The van der Waals surface area contributed by atoms with E-state index < -0.39 is 0 Å². The third-order valence-electron chi connectivity index (χ3n) is 2.46. The molecule has 0 aliphatic carbocycles. The number of hydrogen-bond donors (Lipinski definition) is 0. The highest BCUT2D eigenvalue weighted by molar-refractivity contribution is 5.82. The molecular formula is C14H22O4. The van der Waals surface area contributed by atoms with Gasteiger partial charge in [0.25, 0.3) is 0 Å². The Hall–Kier alpha value is -1.13. The van der Waals surface area contributed by atoms with E-state index in [9.17, 15) is 4.79 Å². The van der Waals surface area contributed by atoms with Crippen LogP contribution in [0.15, 0.2) is 23.8 Å². The first-order chi connectivity index (χ1) is 8.63. The molecule has 102 valence electrons. The topological polar surface area (TPSA) is 44.8 Å². The van der Waals surface area contributed by atoms with Crippen molar-refractivity contribution in [2.75, 3.05) is 19.8 Å². The zero-order valence-electron chi connectivity index (χ0n) is 11.3. The van der Waals surface area contributed by atoms with Crippen LogP contribution in [0.25, 0.3) is 0 Å². The molecule has 4 nitrogen and oxygen atoms in total. The van der Waals surface area contributed by atoms with Gasteiger partial charge in [-0.05, 0) is 20.3 Å². The van der Waals surface area contributed by atoms with Crippen LogP contribution in [0.3, 0.4) is 0 Å². The third kappa shape index (κ3) is 5.47. The molecule has 1 saturated heterocycles. The van der Waals surface area contributed by atoms with Crippen LogP contribution in [0.1, 0.15) is 27.2 Å². The molecule has 1 fully saturated rings. The zero-order valence-corrected chi connectivity index (χ0v) is 11.3. The maximum absolute atomic E-state index is 11.5. The lowest BCUT2D eigenvalue weighted by Crippen LogP contribution is -2.31. The number of hydrogen-bond acceptors (Lipinski definition) is 4. The Balaban J connectivity index is 2.37. The van der Waals surface area contributed by atoms with Crippen molar-refractivity contribution in [1.82, 2.24) is 0 Å². The van der Waals surface area contributed by atoms with Crippen molar-refractivity contribution in [3.8, 4) is 0 Å². The molecule has 18 heavy (non-hydrogen) atoms. The van der Waals surface area contributed by atoms with Crippen molar-refractivity contribution in [3.63, 3.8) is 0 Å². The van der Waals surface area contributed by atoms with Gasteiger partial charge in [-0.25, -0.2) is 4.79 Å². The van der Waals surface area contributed by atoms with Crippen LogP contribution in [0, 0.1) is 0 Å². The normalized spacial score (nSPS) is 23.3. The molecule has 0 saturated carbocycles. The molecule has 1 aliphatic rings. The van der Waals surface area contributed by atoms with Gasteiger partial charge in [0, 0.05) is 6.08 Å². The third-order valence-corrected chi connectivity index (χ3v) is 2.46. The standard InChI is InChI=1S/C14H22O4/c1-4-5-6-7-17-12-9-16-10-13(12)18-14(15)8-11(2)3/h5-6,8,12-13H,4,7,9-10H2,1-3H3. The molecule has 2 atom stereocenters. The van der Waals surface area contributed by atoms with Gasteiger partial charge in [-0.2, -0.15) is 0 Å². The summed E-state index contributed by atoms with van der Waals surface area (Å²) in [6.45, 7) is 7.20. The van der Waals surface area contributed by atoms with Gasteiger partial charge in [0.2, 0.25) is 0 Å². The summed E-state index contributed by atoms with van der Waals surface area (Å²) in [7, 11) is 0. The molecule has 0 bridgehead atoms. The Kier molecular flexibility index (Phi) is 6.68. The molecule has 1 aliphatic heterocycles. The van der Waals surface area contributed by atoms with E-state index in [2.05, 4.69) is 6.92 Å².